The van der Waals surface area contributed by atoms with Crippen LogP contribution in [0.3, 0.4) is 0 Å². The lowest BCUT2D eigenvalue weighted by atomic mass is 9.24. The van der Waals surface area contributed by atoms with Gasteiger partial charge in [0.1, 0.15) is 6.10 Å². The van der Waals surface area contributed by atoms with E-state index in [0.29, 0.717) is 18.8 Å². The summed E-state index contributed by atoms with van der Waals surface area (Å²) in [5.74, 6) is 6.99. The summed E-state index contributed by atoms with van der Waals surface area (Å²) in [6.07, 6.45) is 15.5. The van der Waals surface area contributed by atoms with E-state index in [0.717, 1.165) is 96.3 Å². The van der Waals surface area contributed by atoms with E-state index in [9.17, 15) is 25.5 Å². The van der Waals surface area contributed by atoms with Gasteiger partial charge in [-0.25, -0.2) is 0 Å². The summed E-state index contributed by atoms with van der Waals surface area (Å²) < 4.78 is 0. The molecule has 9 aliphatic rings. The van der Waals surface area contributed by atoms with Crippen LogP contribution >= 0.6 is 0 Å². The molecule has 5 N–H and O–H groups in total. The van der Waals surface area contributed by atoms with Crippen molar-refractivity contribution in [3.8, 4) is 11.8 Å². The third-order valence-corrected chi connectivity index (χ3v) is 17.8. The zero-order valence-electron chi connectivity index (χ0n) is 27.2. The second-order valence-electron chi connectivity index (χ2n) is 18.2. The van der Waals surface area contributed by atoms with Gasteiger partial charge in [-0.2, -0.15) is 0 Å². The normalized spacial score (nSPS) is 58.1. The van der Waals surface area contributed by atoms with Crippen LogP contribution in [-0.2, 0) is 4.79 Å². The second kappa shape index (κ2) is 9.26. The molecule has 6 nitrogen and oxygen atoms in total. The van der Waals surface area contributed by atoms with Crippen molar-refractivity contribution in [2.75, 3.05) is 6.61 Å². The lowest BCUT2D eigenvalue weighted by Gasteiger charge is -2.80. The summed E-state index contributed by atoms with van der Waals surface area (Å²) in [5.41, 5.74) is -1.38. The average molecular weight is 619 g/mol. The first-order valence-electron chi connectivity index (χ1n) is 18.6. The van der Waals surface area contributed by atoms with Crippen molar-refractivity contribution >= 4 is 5.78 Å². The van der Waals surface area contributed by atoms with Crippen molar-refractivity contribution < 1.29 is 30.3 Å². The summed E-state index contributed by atoms with van der Waals surface area (Å²) in [6, 6.07) is 0. The number of ketones is 1. The fraction of sp³-hybridized carbons (Fsp3) is 0.872. The fourth-order valence-electron chi connectivity index (χ4n) is 16.2. The van der Waals surface area contributed by atoms with Crippen molar-refractivity contribution in [2.24, 2.45) is 55.7 Å². The molecular weight excluding hydrogens is 564 g/mol. The van der Waals surface area contributed by atoms with E-state index in [1.54, 1.807) is 0 Å². The second-order valence-corrected chi connectivity index (χ2v) is 18.2. The number of aliphatic hydroxyl groups excluding tert-OH is 5. The third kappa shape index (κ3) is 3.09. The number of fused-ring (bicyclic) bond motifs is 1. The van der Waals surface area contributed by atoms with E-state index in [2.05, 4.69) is 17.9 Å². The molecule has 9 rings (SSSR count). The van der Waals surface area contributed by atoms with Crippen LogP contribution in [0.2, 0.25) is 0 Å². The minimum atomic E-state index is -1.03. The van der Waals surface area contributed by atoms with Gasteiger partial charge < -0.3 is 25.5 Å². The van der Waals surface area contributed by atoms with Gasteiger partial charge in [0, 0.05) is 34.0 Å². The molecule has 14 atom stereocenters. The van der Waals surface area contributed by atoms with Crippen LogP contribution in [0.4, 0.5) is 0 Å². The van der Waals surface area contributed by atoms with Crippen LogP contribution < -0.4 is 0 Å². The Hall–Kier alpha value is -1.23. The first-order chi connectivity index (χ1) is 21.5. The number of allylic oxidation sites excluding steroid dienone is 2. The molecule has 246 valence electrons. The van der Waals surface area contributed by atoms with Gasteiger partial charge in [0.05, 0.1) is 24.9 Å². The topological polar surface area (TPSA) is 118 Å². The minimum Gasteiger partial charge on any atom is -0.394 e. The molecule has 0 aromatic rings. The Labute approximate surface area is 268 Å². The fourth-order valence-corrected chi connectivity index (χ4v) is 16.2. The van der Waals surface area contributed by atoms with E-state index in [1.807, 2.05) is 6.92 Å². The molecule has 45 heavy (non-hydrogen) atoms. The van der Waals surface area contributed by atoms with E-state index < -0.39 is 40.7 Å². The Morgan fingerprint density at radius 2 is 1.71 bits per heavy atom. The Morgan fingerprint density at radius 3 is 2.53 bits per heavy atom. The molecule has 0 amide bonds. The minimum absolute atomic E-state index is 0.0484. The van der Waals surface area contributed by atoms with Gasteiger partial charge in [0.2, 0.25) is 0 Å². The van der Waals surface area contributed by atoms with Gasteiger partial charge in [-0.15, -0.1) is 5.92 Å². The maximum atomic E-state index is 15.3. The van der Waals surface area contributed by atoms with E-state index >= 15 is 4.79 Å². The summed E-state index contributed by atoms with van der Waals surface area (Å²) >= 11 is 0. The number of hydrogen-bond acceptors (Lipinski definition) is 6. The average Bonchev–Trinajstić information content (AvgIpc) is 3.06. The van der Waals surface area contributed by atoms with Crippen LogP contribution in [0.15, 0.2) is 11.6 Å². The molecule has 0 aliphatic heterocycles. The lowest BCUT2D eigenvalue weighted by molar-refractivity contribution is -0.289. The smallest absolute Gasteiger partial charge is 0.159 e. The highest BCUT2D eigenvalue weighted by molar-refractivity contribution is 5.96. The number of aliphatic hydroxyl groups is 5. The number of carbonyl (C=O) groups excluding carboxylic acids is 1. The molecule has 9 aliphatic carbocycles. The highest BCUT2D eigenvalue weighted by Gasteiger charge is 2.82. The Kier molecular flexibility index (Phi) is 6.15. The molecule has 0 aromatic heterocycles. The maximum Gasteiger partial charge on any atom is 0.159 e. The Balaban J connectivity index is 1.29. The molecule has 7 saturated carbocycles. The van der Waals surface area contributed by atoms with E-state index in [-0.39, 0.29) is 45.9 Å². The van der Waals surface area contributed by atoms with Crippen molar-refractivity contribution in [1.29, 1.82) is 0 Å². The van der Waals surface area contributed by atoms with Crippen molar-refractivity contribution in [1.82, 2.24) is 0 Å². The van der Waals surface area contributed by atoms with Gasteiger partial charge in [0.25, 0.3) is 0 Å². The van der Waals surface area contributed by atoms with E-state index in [1.165, 1.54) is 12.0 Å². The standard InChI is InChI=1S/C39H54O6/c1-33(31(45)22-40)26-9-17-36-13-5-4-12-35(26,15-10-28(33)42)32(36)25(41)20-27-37(36)16-8-24-7-14-34-11-3-2-6-29(43)38(19-18-34,30(44)21-37)39(24,27)23-34/h20,24,26,28-32,40,42-45H,3-5,7-19,21-23H2,1H3/t24-,26+,28-,29-,30-,31+,32+,33-,34+,35-,36+,37+,38-,39-/m0/s1. The molecule has 0 saturated heterocycles. The van der Waals surface area contributed by atoms with Crippen LogP contribution in [0.25, 0.3) is 0 Å². The maximum absolute atomic E-state index is 15.3. The number of carbonyl (C=O) groups is 1. The predicted octanol–water partition coefficient (Wildman–Crippen LogP) is 4.84. The summed E-state index contributed by atoms with van der Waals surface area (Å²) in [5, 5.41) is 57.9. The highest BCUT2D eigenvalue weighted by Crippen LogP contribution is 2.86. The van der Waals surface area contributed by atoms with E-state index in [4.69, 9.17) is 0 Å². The van der Waals surface area contributed by atoms with Crippen LogP contribution in [0, 0.1) is 67.5 Å². The van der Waals surface area contributed by atoms with Crippen LogP contribution in [0.1, 0.15) is 122 Å². The molecular formula is C39H54O6. The molecule has 0 aromatic carbocycles. The Morgan fingerprint density at radius 1 is 0.911 bits per heavy atom. The Bertz CT molecular complexity index is 1410. The quantitative estimate of drug-likeness (QED) is 0.283. The lowest BCUT2D eigenvalue weighted by Crippen LogP contribution is -2.77. The molecule has 0 unspecified atom stereocenters. The highest BCUT2D eigenvalue weighted by atomic mass is 16.3. The first kappa shape index (κ1) is 29.9. The zero-order chi connectivity index (χ0) is 31.3. The van der Waals surface area contributed by atoms with Gasteiger partial charge >= 0.3 is 0 Å². The summed E-state index contributed by atoms with van der Waals surface area (Å²) in [4.78, 5) is 15.3. The van der Waals surface area contributed by atoms with Gasteiger partial charge in [-0.3, -0.25) is 4.79 Å². The molecule has 7 fully saturated rings. The zero-order valence-corrected chi connectivity index (χ0v) is 27.2. The molecule has 4 spiro atoms. The van der Waals surface area contributed by atoms with Crippen LogP contribution in [0.5, 0.6) is 0 Å². The van der Waals surface area contributed by atoms with Crippen molar-refractivity contribution in [2.45, 2.75) is 147 Å². The number of rotatable bonds is 2. The largest absolute Gasteiger partial charge is 0.394 e. The molecule has 0 radical (unpaired) electrons. The summed E-state index contributed by atoms with van der Waals surface area (Å²) in [7, 11) is 0. The van der Waals surface area contributed by atoms with Gasteiger partial charge in [-0.1, -0.05) is 31.3 Å². The molecule has 6 bridgehead atoms. The van der Waals surface area contributed by atoms with Crippen molar-refractivity contribution in [3.63, 3.8) is 0 Å². The SMILES string of the molecule is C[C@@]1([C@H](O)CO)[C@@H](O)CC[C@@]23CCCC[C@@]4(CC[C@@H]21)[C@@H]3C(=O)C=C1[C@]42CC[C@@H]3CC[C@]45CCC#C[C@H](O)[C@@](CC4)([C@@H](O)C2)[C@]13C5. The van der Waals surface area contributed by atoms with Crippen molar-refractivity contribution in [3.05, 3.63) is 11.6 Å². The van der Waals surface area contributed by atoms with Crippen LogP contribution in [-0.4, -0.2) is 62.3 Å². The first-order valence-corrected chi connectivity index (χ1v) is 18.6. The third-order valence-electron chi connectivity index (χ3n) is 17.8. The number of hydrogen-bond donors (Lipinski definition) is 5. The molecule has 0 heterocycles. The van der Waals surface area contributed by atoms with Gasteiger partial charge in [0.15, 0.2) is 5.78 Å². The van der Waals surface area contributed by atoms with Gasteiger partial charge in [-0.05, 0) is 130 Å². The predicted molar refractivity (Wildman–Crippen MR) is 168 cm³/mol. The molecule has 6 heteroatoms. The summed E-state index contributed by atoms with van der Waals surface area (Å²) in [6.45, 7) is 1.59. The monoisotopic (exact) mass is 618 g/mol.